The van der Waals surface area contributed by atoms with Crippen LogP contribution in [0.4, 0.5) is 14.5 Å². The first kappa shape index (κ1) is 13.4. The Morgan fingerprint density at radius 3 is 2.68 bits per heavy atom. The van der Waals surface area contributed by atoms with Crippen molar-refractivity contribution in [3.05, 3.63) is 59.4 Å². The fraction of sp³-hybridized carbons (Fsp3) is 0.0769. The SMILES string of the molecule is NC(=S)c1ccc(NCc2cccnc2)c(F)c1F. The van der Waals surface area contributed by atoms with E-state index in [4.69, 9.17) is 5.73 Å². The number of halogens is 2. The Hall–Kier alpha value is -2.08. The number of nitrogens with two attached hydrogens (primary N) is 1. The van der Waals surface area contributed by atoms with Gasteiger partial charge in [0, 0.05) is 24.5 Å². The number of thiocarbonyl (C=S) groups is 1. The molecule has 6 heteroatoms. The molecule has 3 N–H and O–H groups in total. The number of pyridine rings is 1. The van der Waals surface area contributed by atoms with Gasteiger partial charge in [0.05, 0.1) is 5.69 Å². The normalized spacial score (nSPS) is 10.2. The summed E-state index contributed by atoms with van der Waals surface area (Å²) in [7, 11) is 0. The molecule has 98 valence electrons. The molecule has 19 heavy (non-hydrogen) atoms. The fourth-order valence-corrected chi connectivity index (χ4v) is 1.73. The molecule has 0 amide bonds. The van der Waals surface area contributed by atoms with Gasteiger partial charge in [0.1, 0.15) is 4.99 Å². The van der Waals surface area contributed by atoms with E-state index in [9.17, 15) is 8.78 Å². The van der Waals surface area contributed by atoms with Gasteiger partial charge in [-0.15, -0.1) is 0 Å². The van der Waals surface area contributed by atoms with Crippen molar-refractivity contribution >= 4 is 22.9 Å². The maximum absolute atomic E-state index is 13.8. The number of anilines is 1. The van der Waals surface area contributed by atoms with Gasteiger partial charge in [-0.3, -0.25) is 4.98 Å². The molecular formula is C13H11F2N3S. The number of rotatable bonds is 4. The van der Waals surface area contributed by atoms with Crippen LogP contribution in [0, 0.1) is 11.6 Å². The van der Waals surface area contributed by atoms with Crippen LogP contribution in [0.5, 0.6) is 0 Å². The molecule has 0 fully saturated rings. The quantitative estimate of drug-likeness (QED) is 0.845. The number of nitrogens with one attached hydrogen (secondary N) is 1. The Morgan fingerprint density at radius 2 is 2.05 bits per heavy atom. The van der Waals surface area contributed by atoms with E-state index in [1.807, 2.05) is 6.07 Å². The van der Waals surface area contributed by atoms with E-state index in [1.165, 1.54) is 12.1 Å². The third-order valence-electron chi connectivity index (χ3n) is 2.55. The lowest BCUT2D eigenvalue weighted by Crippen LogP contribution is -2.14. The average Bonchev–Trinajstić information content (AvgIpc) is 2.41. The van der Waals surface area contributed by atoms with Gasteiger partial charge in [0.15, 0.2) is 11.6 Å². The lowest BCUT2D eigenvalue weighted by atomic mass is 10.1. The second-order valence-electron chi connectivity index (χ2n) is 3.87. The molecule has 0 unspecified atom stereocenters. The number of benzene rings is 1. The number of nitrogens with zero attached hydrogens (tertiary/aromatic N) is 1. The summed E-state index contributed by atoms with van der Waals surface area (Å²) in [5.41, 5.74) is 6.12. The molecule has 0 aliphatic carbocycles. The van der Waals surface area contributed by atoms with Gasteiger partial charge in [0.25, 0.3) is 0 Å². The van der Waals surface area contributed by atoms with Crippen molar-refractivity contribution in [1.29, 1.82) is 0 Å². The second kappa shape index (κ2) is 5.71. The van der Waals surface area contributed by atoms with Crippen molar-refractivity contribution in [2.45, 2.75) is 6.54 Å². The molecule has 0 bridgehead atoms. The highest BCUT2D eigenvalue weighted by Gasteiger charge is 2.14. The van der Waals surface area contributed by atoms with Crippen LogP contribution in [0.3, 0.4) is 0 Å². The van der Waals surface area contributed by atoms with E-state index in [0.29, 0.717) is 6.54 Å². The summed E-state index contributed by atoms with van der Waals surface area (Å²) >= 11 is 4.64. The Kier molecular flexibility index (Phi) is 4.01. The van der Waals surface area contributed by atoms with Crippen LogP contribution in [0.25, 0.3) is 0 Å². The molecule has 0 saturated carbocycles. The van der Waals surface area contributed by atoms with E-state index in [2.05, 4.69) is 22.5 Å². The maximum Gasteiger partial charge on any atom is 0.182 e. The summed E-state index contributed by atoms with van der Waals surface area (Å²) < 4.78 is 27.4. The zero-order chi connectivity index (χ0) is 13.8. The summed E-state index contributed by atoms with van der Waals surface area (Å²) in [6, 6.07) is 6.36. The highest BCUT2D eigenvalue weighted by molar-refractivity contribution is 7.80. The molecule has 1 heterocycles. The minimum absolute atomic E-state index is 0.0568. The number of hydrogen-bond donors (Lipinski definition) is 2. The first-order valence-electron chi connectivity index (χ1n) is 5.50. The molecule has 0 spiro atoms. The van der Waals surface area contributed by atoms with Crippen molar-refractivity contribution in [1.82, 2.24) is 4.98 Å². The predicted octanol–water partition coefficient (Wildman–Crippen LogP) is 2.61. The molecule has 0 atom stereocenters. The van der Waals surface area contributed by atoms with Crippen molar-refractivity contribution in [3.63, 3.8) is 0 Å². The second-order valence-corrected chi connectivity index (χ2v) is 4.31. The van der Waals surface area contributed by atoms with Gasteiger partial charge in [-0.25, -0.2) is 8.78 Å². The van der Waals surface area contributed by atoms with Gasteiger partial charge < -0.3 is 11.1 Å². The predicted molar refractivity (Wildman–Crippen MR) is 73.8 cm³/mol. The monoisotopic (exact) mass is 279 g/mol. The number of hydrogen-bond acceptors (Lipinski definition) is 3. The molecule has 0 aliphatic rings. The molecule has 3 nitrogen and oxygen atoms in total. The largest absolute Gasteiger partial charge is 0.389 e. The molecule has 1 aromatic heterocycles. The van der Waals surface area contributed by atoms with E-state index in [1.54, 1.807) is 18.5 Å². The lowest BCUT2D eigenvalue weighted by Gasteiger charge is -2.10. The minimum atomic E-state index is -1.04. The van der Waals surface area contributed by atoms with Crippen molar-refractivity contribution in [2.24, 2.45) is 5.73 Å². The highest BCUT2D eigenvalue weighted by Crippen LogP contribution is 2.21. The molecule has 2 aromatic rings. The Balaban J connectivity index is 2.18. The third kappa shape index (κ3) is 3.03. The van der Waals surface area contributed by atoms with Crippen LogP contribution >= 0.6 is 12.2 Å². The van der Waals surface area contributed by atoms with Crippen molar-refractivity contribution in [2.75, 3.05) is 5.32 Å². The van der Waals surface area contributed by atoms with Crippen LogP contribution < -0.4 is 11.1 Å². The molecule has 0 saturated heterocycles. The van der Waals surface area contributed by atoms with Crippen molar-refractivity contribution in [3.8, 4) is 0 Å². The summed E-state index contributed by atoms with van der Waals surface area (Å²) in [5.74, 6) is -2.03. The third-order valence-corrected chi connectivity index (χ3v) is 2.77. The Morgan fingerprint density at radius 1 is 1.26 bits per heavy atom. The topological polar surface area (TPSA) is 50.9 Å². The average molecular weight is 279 g/mol. The molecule has 0 radical (unpaired) electrons. The van der Waals surface area contributed by atoms with E-state index in [-0.39, 0.29) is 16.2 Å². The van der Waals surface area contributed by atoms with Gasteiger partial charge >= 0.3 is 0 Å². The van der Waals surface area contributed by atoms with Gasteiger partial charge in [-0.2, -0.15) is 0 Å². The Bertz CT molecular complexity index is 602. The number of aromatic nitrogens is 1. The van der Waals surface area contributed by atoms with Crippen LogP contribution in [-0.4, -0.2) is 9.97 Å². The standard InChI is InChI=1S/C13H11F2N3S/c14-11-9(13(16)19)3-4-10(12(11)15)18-7-8-2-1-5-17-6-8/h1-6,18H,7H2,(H2,16,19). The first-order valence-corrected chi connectivity index (χ1v) is 5.91. The summed E-state index contributed by atoms with van der Waals surface area (Å²) in [5, 5.41) is 2.80. The van der Waals surface area contributed by atoms with E-state index in [0.717, 1.165) is 5.56 Å². The van der Waals surface area contributed by atoms with Gasteiger partial charge in [0.2, 0.25) is 0 Å². The van der Waals surface area contributed by atoms with Crippen LogP contribution in [0.1, 0.15) is 11.1 Å². The fourth-order valence-electron chi connectivity index (χ4n) is 1.58. The van der Waals surface area contributed by atoms with E-state index >= 15 is 0 Å². The smallest absolute Gasteiger partial charge is 0.182 e. The van der Waals surface area contributed by atoms with Crippen LogP contribution in [0.15, 0.2) is 36.7 Å². The van der Waals surface area contributed by atoms with E-state index < -0.39 is 11.6 Å². The highest BCUT2D eigenvalue weighted by atomic mass is 32.1. The summed E-state index contributed by atoms with van der Waals surface area (Å²) in [4.78, 5) is 3.76. The van der Waals surface area contributed by atoms with Gasteiger partial charge in [-0.1, -0.05) is 18.3 Å². The lowest BCUT2D eigenvalue weighted by molar-refractivity contribution is 0.509. The molecule has 0 aliphatic heterocycles. The Labute approximate surface area is 114 Å². The molecule has 2 rings (SSSR count). The van der Waals surface area contributed by atoms with Crippen LogP contribution in [-0.2, 0) is 6.54 Å². The van der Waals surface area contributed by atoms with Crippen molar-refractivity contribution < 1.29 is 8.78 Å². The van der Waals surface area contributed by atoms with Gasteiger partial charge in [-0.05, 0) is 23.8 Å². The summed E-state index contributed by atoms with van der Waals surface area (Å²) in [6.45, 7) is 0.344. The molecule has 1 aromatic carbocycles. The zero-order valence-electron chi connectivity index (χ0n) is 9.86. The minimum Gasteiger partial charge on any atom is -0.389 e. The zero-order valence-corrected chi connectivity index (χ0v) is 10.7. The first-order chi connectivity index (χ1) is 9.09. The maximum atomic E-state index is 13.8. The van der Waals surface area contributed by atoms with Crippen LogP contribution in [0.2, 0.25) is 0 Å². The summed E-state index contributed by atoms with van der Waals surface area (Å²) in [6.07, 6.45) is 3.28. The molecular weight excluding hydrogens is 268 g/mol.